The van der Waals surface area contributed by atoms with Crippen molar-refractivity contribution in [1.82, 2.24) is 19.4 Å². The van der Waals surface area contributed by atoms with E-state index in [2.05, 4.69) is 4.90 Å². The predicted molar refractivity (Wildman–Crippen MR) is 102 cm³/mol. The largest absolute Gasteiger partial charge is 0.334 e. The quantitative estimate of drug-likeness (QED) is 0.826. The molecular formula is C19H24N4O2S. The Labute approximate surface area is 157 Å². The second-order valence-corrected chi connectivity index (χ2v) is 8.21. The summed E-state index contributed by atoms with van der Waals surface area (Å²) >= 11 is 1.51. The topological polar surface area (TPSA) is 58.4 Å². The van der Waals surface area contributed by atoms with E-state index in [1.165, 1.54) is 11.3 Å². The van der Waals surface area contributed by atoms with Crippen molar-refractivity contribution in [1.29, 1.82) is 0 Å². The van der Waals surface area contributed by atoms with Crippen molar-refractivity contribution in [2.24, 2.45) is 0 Å². The van der Waals surface area contributed by atoms with Gasteiger partial charge in [-0.05, 0) is 38.4 Å². The summed E-state index contributed by atoms with van der Waals surface area (Å²) in [4.78, 5) is 34.7. The van der Waals surface area contributed by atoms with Crippen LogP contribution in [0, 0.1) is 0 Å². The third-order valence-electron chi connectivity index (χ3n) is 5.27. The molecule has 0 saturated heterocycles. The van der Waals surface area contributed by atoms with E-state index in [9.17, 15) is 9.59 Å². The minimum absolute atomic E-state index is 0.00358. The van der Waals surface area contributed by atoms with Crippen LogP contribution in [0.2, 0.25) is 0 Å². The molecule has 1 unspecified atom stereocenters. The molecule has 4 heterocycles. The van der Waals surface area contributed by atoms with E-state index in [-0.39, 0.29) is 17.5 Å². The summed E-state index contributed by atoms with van der Waals surface area (Å²) in [5.41, 5.74) is 2.35. The molecule has 7 heteroatoms. The van der Waals surface area contributed by atoms with Gasteiger partial charge in [-0.2, -0.15) is 11.3 Å². The van der Waals surface area contributed by atoms with Crippen LogP contribution in [0.15, 0.2) is 21.6 Å². The summed E-state index contributed by atoms with van der Waals surface area (Å²) < 4.78 is 1.90. The third-order valence-corrected chi connectivity index (χ3v) is 5.95. The average molecular weight is 372 g/mol. The van der Waals surface area contributed by atoms with Crippen molar-refractivity contribution < 1.29 is 4.79 Å². The normalized spacial score (nSPS) is 19.3. The highest BCUT2D eigenvalue weighted by Gasteiger charge is 2.30. The molecule has 2 aliphatic rings. The highest BCUT2D eigenvalue weighted by atomic mass is 32.1. The number of nitrogens with zero attached hydrogens (tertiary/aromatic N) is 4. The van der Waals surface area contributed by atoms with Crippen molar-refractivity contribution in [2.75, 3.05) is 27.2 Å². The lowest BCUT2D eigenvalue weighted by Crippen LogP contribution is -2.44. The molecule has 0 radical (unpaired) electrons. The van der Waals surface area contributed by atoms with Crippen molar-refractivity contribution in [3.8, 4) is 0 Å². The van der Waals surface area contributed by atoms with Crippen LogP contribution in [-0.2, 0) is 19.4 Å². The van der Waals surface area contributed by atoms with E-state index in [1.807, 2.05) is 35.5 Å². The molecule has 0 fully saturated rings. The molecule has 1 atom stereocenters. The molecule has 0 saturated carbocycles. The van der Waals surface area contributed by atoms with E-state index in [0.717, 1.165) is 37.3 Å². The molecule has 6 nitrogen and oxygen atoms in total. The zero-order chi connectivity index (χ0) is 18.3. The Bertz CT molecular complexity index is 872. The zero-order valence-corrected chi connectivity index (χ0v) is 16.1. The molecule has 0 N–H and O–H groups in total. The molecule has 0 bridgehead atoms. The Balaban J connectivity index is 1.68. The first-order valence-corrected chi connectivity index (χ1v) is 10.1. The van der Waals surface area contributed by atoms with Gasteiger partial charge in [0.25, 0.3) is 11.5 Å². The Morgan fingerprint density at radius 2 is 2.23 bits per heavy atom. The molecule has 0 aliphatic carbocycles. The zero-order valence-electron chi connectivity index (χ0n) is 15.3. The van der Waals surface area contributed by atoms with E-state index in [1.54, 1.807) is 4.90 Å². The summed E-state index contributed by atoms with van der Waals surface area (Å²) in [5.74, 6) is 0.924. The smallest absolute Gasteiger partial charge is 0.259 e. The van der Waals surface area contributed by atoms with Gasteiger partial charge in [-0.3, -0.25) is 14.2 Å². The van der Waals surface area contributed by atoms with Crippen LogP contribution in [0.4, 0.5) is 0 Å². The lowest BCUT2D eigenvalue weighted by atomic mass is 10.0. The number of fused-ring (bicyclic) bond motifs is 2. The fourth-order valence-electron chi connectivity index (χ4n) is 4.05. The van der Waals surface area contributed by atoms with Crippen LogP contribution < -0.4 is 5.56 Å². The number of rotatable bonds is 3. The molecule has 0 spiro atoms. The van der Waals surface area contributed by atoms with Crippen LogP contribution in [0.1, 0.15) is 46.3 Å². The van der Waals surface area contributed by atoms with Gasteiger partial charge in [-0.1, -0.05) is 0 Å². The Morgan fingerprint density at radius 1 is 1.38 bits per heavy atom. The molecular weight excluding hydrogens is 348 g/mol. The van der Waals surface area contributed by atoms with Gasteiger partial charge >= 0.3 is 0 Å². The number of hydrogen-bond donors (Lipinski definition) is 0. The van der Waals surface area contributed by atoms with Gasteiger partial charge in [0.05, 0.1) is 29.4 Å². The molecule has 26 heavy (non-hydrogen) atoms. The maximum atomic E-state index is 13.3. The minimum Gasteiger partial charge on any atom is -0.334 e. The van der Waals surface area contributed by atoms with Crippen LogP contribution in [-0.4, -0.2) is 52.4 Å². The number of aryl methyl sites for hydroxylation is 1. The molecule has 1 amide bonds. The fourth-order valence-corrected chi connectivity index (χ4v) is 4.68. The summed E-state index contributed by atoms with van der Waals surface area (Å²) in [6, 6.07) is 2.01. The first-order chi connectivity index (χ1) is 12.5. The van der Waals surface area contributed by atoms with Gasteiger partial charge in [0.2, 0.25) is 0 Å². The second-order valence-electron chi connectivity index (χ2n) is 7.43. The Kier molecular flexibility index (Phi) is 4.67. The van der Waals surface area contributed by atoms with Gasteiger partial charge in [-0.25, -0.2) is 4.98 Å². The maximum Gasteiger partial charge on any atom is 0.259 e. The predicted octanol–water partition coefficient (Wildman–Crippen LogP) is 1.94. The van der Waals surface area contributed by atoms with E-state index in [0.29, 0.717) is 30.6 Å². The van der Waals surface area contributed by atoms with Crippen LogP contribution >= 0.6 is 11.3 Å². The number of hydrogen-bond acceptors (Lipinski definition) is 5. The molecule has 2 aromatic heterocycles. The maximum absolute atomic E-state index is 13.3. The Morgan fingerprint density at radius 3 is 2.96 bits per heavy atom. The van der Waals surface area contributed by atoms with Gasteiger partial charge in [0, 0.05) is 31.3 Å². The third kappa shape index (κ3) is 3.10. The number of thiophene rings is 1. The van der Waals surface area contributed by atoms with Gasteiger partial charge < -0.3 is 9.80 Å². The van der Waals surface area contributed by atoms with Crippen molar-refractivity contribution in [2.45, 2.75) is 38.3 Å². The van der Waals surface area contributed by atoms with Crippen LogP contribution in [0.5, 0.6) is 0 Å². The minimum atomic E-state index is 0.00358. The number of carbonyl (C=O) groups is 1. The van der Waals surface area contributed by atoms with E-state index >= 15 is 0 Å². The van der Waals surface area contributed by atoms with E-state index < -0.39 is 0 Å². The number of amides is 1. The first-order valence-electron chi connectivity index (χ1n) is 9.14. The number of carbonyl (C=O) groups excluding carboxylic acids is 1. The van der Waals surface area contributed by atoms with E-state index in [4.69, 9.17) is 4.98 Å². The second kappa shape index (κ2) is 6.96. The van der Waals surface area contributed by atoms with Crippen LogP contribution in [0.3, 0.4) is 0 Å². The molecule has 4 rings (SSSR count). The van der Waals surface area contributed by atoms with Crippen molar-refractivity contribution in [3.05, 3.63) is 49.8 Å². The monoisotopic (exact) mass is 372 g/mol. The van der Waals surface area contributed by atoms with Gasteiger partial charge in [0.1, 0.15) is 5.82 Å². The Hall–Kier alpha value is -1.99. The summed E-state index contributed by atoms with van der Waals surface area (Å²) in [5, 5.41) is 3.77. The molecule has 0 aromatic carbocycles. The standard InChI is InChI=1S/C19H24N4O2S/c1-21(2)10-14-4-3-5-17-20-16-6-8-22(11-15(16)19(25)23(14)17)18(24)13-7-9-26-12-13/h7,9,12,14H,3-6,8,10-11H2,1-2H3. The SMILES string of the molecule is CN(C)CC1CCCc2nc3c(c(=O)n21)CN(C(=O)c1ccsc1)CC3. The van der Waals surface area contributed by atoms with Gasteiger partial charge in [-0.15, -0.1) is 0 Å². The number of likely N-dealkylation sites (N-methyl/N-ethyl adjacent to an activating group) is 1. The lowest BCUT2D eigenvalue weighted by Gasteiger charge is -2.33. The molecule has 2 aromatic rings. The number of aromatic nitrogens is 2. The van der Waals surface area contributed by atoms with Gasteiger partial charge in [0.15, 0.2) is 0 Å². The molecule has 138 valence electrons. The highest BCUT2D eigenvalue weighted by molar-refractivity contribution is 7.08. The summed E-state index contributed by atoms with van der Waals surface area (Å²) in [7, 11) is 4.07. The van der Waals surface area contributed by atoms with Crippen molar-refractivity contribution >= 4 is 17.2 Å². The molecule has 2 aliphatic heterocycles. The highest BCUT2D eigenvalue weighted by Crippen LogP contribution is 2.25. The fraction of sp³-hybridized carbons (Fsp3) is 0.526. The first kappa shape index (κ1) is 17.4. The average Bonchev–Trinajstić information content (AvgIpc) is 3.15. The lowest BCUT2D eigenvalue weighted by molar-refractivity contribution is 0.0732. The van der Waals surface area contributed by atoms with Crippen LogP contribution in [0.25, 0.3) is 0 Å². The summed E-state index contributed by atoms with van der Waals surface area (Å²) in [6.45, 7) is 1.83. The summed E-state index contributed by atoms with van der Waals surface area (Å²) in [6.07, 6.45) is 3.60. The van der Waals surface area contributed by atoms with Crippen molar-refractivity contribution in [3.63, 3.8) is 0 Å².